The third-order valence-electron chi connectivity index (χ3n) is 1.37. The van der Waals surface area contributed by atoms with Crippen molar-refractivity contribution in [3.63, 3.8) is 0 Å². The molecule has 3 heteroatoms. The summed E-state index contributed by atoms with van der Waals surface area (Å²) >= 11 is 0. The van der Waals surface area contributed by atoms with Crippen LogP contribution in [0.25, 0.3) is 0 Å². The average molecular weight is 138 g/mol. The molecule has 0 saturated carbocycles. The van der Waals surface area contributed by atoms with Crippen LogP contribution in [0.4, 0.5) is 0 Å². The Morgan fingerprint density at radius 3 is 2.70 bits per heavy atom. The van der Waals surface area contributed by atoms with Crippen LogP contribution in [0.5, 0.6) is 0 Å². The highest BCUT2D eigenvalue weighted by Crippen LogP contribution is 2.00. The summed E-state index contributed by atoms with van der Waals surface area (Å²) in [7, 11) is 0. The van der Waals surface area contributed by atoms with Crippen molar-refractivity contribution in [3.05, 3.63) is 23.5 Å². The van der Waals surface area contributed by atoms with Gasteiger partial charge in [-0.3, -0.25) is 0 Å². The molecule has 1 heterocycles. The Balaban J connectivity index is 2.95. The first-order valence-electron chi connectivity index (χ1n) is 3.08. The lowest BCUT2D eigenvalue weighted by Gasteiger charge is -1.90. The van der Waals surface area contributed by atoms with Gasteiger partial charge in [0.25, 0.3) is 0 Å². The highest BCUT2D eigenvalue weighted by Gasteiger charge is 1.97. The maximum atomic E-state index is 8.37. The molecule has 3 nitrogen and oxygen atoms in total. The van der Waals surface area contributed by atoms with Crippen LogP contribution < -0.4 is 0 Å². The van der Waals surface area contributed by atoms with Gasteiger partial charge in [-0.15, -0.1) is 0 Å². The van der Waals surface area contributed by atoms with Gasteiger partial charge < -0.3 is 10.2 Å². The lowest BCUT2D eigenvalue weighted by atomic mass is 10.3. The number of nitrogens with zero attached hydrogens (tertiary/aromatic N) is 1. The fraction of sp³-hybridized carbons (Fsp3) is 0.286. The van der Waals surface area contributed by atoms with Gasteiger partial charge in [0, 0.05) is 5.69 Å². The predicted octanol–water partition coefficient (Wildman–Crippen LogP) is 1.52. The van der Waals surface area contributed by atoms with E-state index >= 15 is 0 Å². The number of oxime groups is 1. The molecule has 1 aromatic rings. The zero-order chi connectivity index (χ0) is 7.56. The Morgan fingerprint density at radius 2 is 2.30 bits per heavy atom. The molecule has 2 N–H and O–H groups in total. The largest absolute Gasteiger partial charge is 0.411 e. The Morgan fingerprint density at radius 1 is 1.60 bits per heavy atom. The second-order valence-corrected chi connectivity index (χ2v) is 2.24. The third kappa shape index (κ3) is 1.18. The molecule has 10 heavy (non-hydrogen) atoms. The molecular weight excluding hydrogens is 128 g/mol. The van der Waals surface area contributed by atoms with E-state index in [2.05, 4.69) is 10.1 Å². The van der Waals surface area contributed by atoms with Gasteiger partial charge in [0.1, 0.15) is 0 Å². The van der Waals surface area contributed by atoms with Crippen LogP contribution in [0.3, 0.4) is 0 Å². The summed E-state index contributed by atoms with van der Waals surface area (Å²) < 4.78 is 0. The van der Waals surface area contributed by atoms with E-state index in [1.54, 1.807) is 6.92 Å². The molecule has 0 aliphatic rings. The molecule has 0 spiro atoms. The van der Waals surface area contributed by atoms with Gasteiger partial charge >= 0.3 is 0 Å². The molecule has 0 aromatic carbocycles. The molecule has 0 aliphatic heterocycles. The van der Waals surface area contributed by atoms with Crippen LogP contribution in [0.15, 0.2) is 17.3 Å². The summed E-state index contributed by atoms with van der Waals surface area (Å²) in [5.74, 6) is 0. The van der Waals surface area contributed by atoms with Crippen molar-refractivity contribution in [2.24, 2.45) is 5.16 Å². The first-order valence-corrected chi connectivity index (χ1v) is 3.08. The van der Waals surface area contributed by atoms with Crippen molar-refractivity contribution < 1.29 is 5.21 Å². The van der Waals surface area contributed by atoms with Gasteiger partial charge in [0.2, 0.25) is 0 Å². The Kier molecular flexibility index (Phi) is 1.76. The van der Waals surface area contributed by atoms with E-state index in [9.17, 15) is 0 Å². The van der Waals surface area contributed by atoms with Crippen LogP contribution in [0, 0.1) is 6.92 Å². The molecule has 0 bridgehead atoms. The minimum Gasteiger partial charge on any atom is -0.411 e. The van der Waals surface area contributed by atoms with E-state index in [0.717, 1.165) is 11.4 Å². The fourth-order valence-corrected chi connectivity index (χ4v) is 0.769. The number of nitrogens with one attached hydrogen (secondary N) is 1. The normalized spacial score (nSPS) is 12.0. The molecule has 0 amide bonds. The maximum Gasteiger partial charge on any atom is 0.0998 e. The van der Waals surface area contributed by atoms with Crippen molar-refractivity contribution >= 4 is 5.71 Å². The van der Waals surface area contributed by atoms with Gasteiger partial charge in [-0.1, -0.05) is 5.16 Å². The molecule has 0 saturated heterocycles. The van der Waals surface area contributed by atoms with E-state index in [1.165, 1.54) is 0 Å². The molecule has 54 valence electrons. The Labute approximate surface area is 59.4 Å². The first-order chi connectivity index (χ1) is 4.74. The number of aryl methyl sites for hydroxylation is 1. The van der Waals surface area contributed by atoms with E-state index in [4.69, 9.17) is 5.21 Å². The number of hydrogen-bond acceptors (Lipinski definition) is 2. The van der Waals surface area contributed by atoms with Gasteiger partial charge in [-0.25, -0.2) is 0 Å². The molecular formula is C7H10N2O. The van der Waals surface area contributed by atoms with Crippen LogP contribution in [0.2, 0.25) is 0 Å². The molecule has 0 unspecified atom stereocenters. The van der Waals surface area contributed by atoms with Crippen molar-refractivity contribution in [1.82, 2.24) is 4.98 Å². The monoisotopic (exact) mass is 138 g/mol. The lowest BCUT2D eigenvalue weighted by Crippen LogP contribution is -1.93. The van der Waals surface area contributed by atoms with E-state index in [0.29, 0.717) is 5.71 Å². The first kappa shape index (κ1) is 6.86. The van der Waals surface area contributed by atoms with Crippen LogP contribution in [0.1, 0.15) is 18.3 Å². The molecule has 0 fully saturated rings. The highest BCUT2D eigenvalue weighted by molar-refractivity contribution is 5.96. The summed E-state index contributed by atoms with van der Waals surface area (Å²) in [6.45, 7) is 3.69. The summed E-state index contributed by atoms with van der Waals surface area (Å²) in [6, 6.07) is 3.81. The van der Waals surface area contributed by atoms with E-state index in [-0.39, 0.29) is 0 Å². The molecule has 0 aliphatic carbocycles. The number of hydrogen-bond donors (Lipinski definition) is 2. The van der Waals surface area contributed by atoms with Crippen molar-refractivity contribution in [2.75, 3.05) is 0 Å². The maximum absolute atomic E-state index is 8.37. The second-order valence-electron chi connectivity index (χ2n) is 2.24. The molecule has 1 aromatic heterocycles. The number of aromatic nitrogens is 1. The van der Waals surface area contributed by atoms with E-state index < -0.39 is 0 Å². The second kappa shape index (κ2) is 2.56. The predicted molar refractivity (Wildman–Crippen MR) is 39.5 cm³/mol. The zero-order valence-corrected chi connectivity index (χ0v) is 6.05. The van der Waals surface area contributed by atoms with Gasteiger partial charge in [0.15, 0.2) is 0 Å². The van der Waals surface area contributed by atoms with Crippen LogP contribution >= 0.6 is 0 Å². The smallest absolute Gasteiger partial charge is 0.0998 e. The average Bonchev–Trinajstić information content (AvgIpc) is 2.34. The summed E-state index contributed by atoms with van der Waals surface area (Å²) in [6.07, 6.45) is 0. The number of aromatic amines is 1. The Bertz CT molecular complexity index is 250. The summed E-state index contributed by atoms with van der Waals surface area (Å²) in [5.41, 5.74) is 2.53. The third-order valence-corrected chi connectivity index (χ3v) is 1.37. The van der Waals surface area contributed by atoms with E-state index in [1.807, 2.05) is 19.1 Å². The van der Waals surface area contributed by atoms with Crippen molar-refractivity contribution in [2.45, 2.75) is 13.8 Å². The number of rotatable bonds is 1. The topological polar surface area (TPSA) is 48.4 Å². The lowest BCUT2D eigenvalue weighted by molar-refractivity contribution is 0.319. The molecule has 1 rings (SSSR count). The minimum atomic E-state index is 0.605. The summed E-state index contributed by atoms with van der Waals surface area (Å²) in [5, 5.41) is 11.4. The molecule has 0 radical (unpaired) electrons. The minimum absolute atomic E-state index is 0.605. The fourth-order valence-electron chi connectivity index (χ4n) is 0.769. The van der Waals surface area contributed by atoms with Gasteiger partial charge in [-0.2, -0.15) is 0 Å². The number of H-pyrrole nitrogens is 1. The van der Waals surface area contributed by atoms with Gasteiger partial charge in [0.05, 0.1) is 11.4 Å². The van der Waals surface area contributed by atoms with Crippen molar-refractivity contribution in [1.29, 1.82) is 0 Å². The zero-order valence-electron chi connectivity index (χ0n) is 6.05. The van der Waals surface area contributed by atoms with Crippen LogP contribution in [-0.4, -0.2) is 15.9 Å². The van der Waals surface area contributed by atoms with Gasteiger partial charge in [-0.05, 0) is 26.0 Å². The quantitative estimate of drug-likeness (QED) is 0.345. The SMILES string of the molecule is C/C(=N\O)c1ccc(C)[nH]1. The highest BCUT2D eigenvalue weighted by atomic mass is 16.4. The summed E-state index contributed by atoms with van der Waals surface area (Å²) in [4.78, 5) is 3.04. The van der Waals surface area contributed by atoms with Crippen molar-refractivity contribution in [3.8, 4) is 0 Å². The van der Waals surface area contributed by atoms with Crippen LogP contribution in [-0.2, 0) is 0 Å². The standard InChI is InChI=1S/C7H10N2O/c1-5-3-4-7(8-5)6(2)9-10/h3-4,8,10H,1-2H3/b9-6+. The Hall–Kier alpha value is -1.25. The molecule has 0 atom stereocenters.